The van der Waals surface area contributed by atoms with Gasteiger partial charge in [-0.15, -0.1) is 0 Å². The summed E-state index contributed by atoms with van der Waals surface area (Å²) in [5.74, 6) is 4.35. The lowest BCUT2D eigenvalue weighted by molar-refractivity contribution is -0.132. The maximum absolute atomic E-state index is 14.6. The lowest BCUT2D eigenvalue weighted by atomic mass is 9.95. The van der Waals surface area contributed by atoms with Gasteiger partial charge < -0.3 is 62.1 Å². The number of halogens is 2. The molecule has 3 amide bonds. The van der Waals surface area contributed by atoms with E-state index in [1.54, 1.807) is 112 Å². The van der Waals surface area contributed by atoms with Crippen LogP contribution in [-0.2, 0) is 14.4 Å². The maximum Gasteiger partial charge on any atom is 0.252 e. The summed E-state index contributed by atoms with van der Waals surface area (Å²) in [4.78, 5) is 60.5. The minimum atomic E-state index is -0.575. The zero-order valence-corrected chi connectivity index (χ0v) is 70.6. The van der Waals surface area contributed by atoms with Gasteiger partial charge in [-0.1, -0.05) is 72.4 Å². The quantitative estimate of drug-likeness (QED) is 0.0361. The Morgan fingerprint density at radius 2 is 0.844 bits per heavy atom. The van der Waals surface area contributed by atoms with Crippen molar-refractivity contribution in [2.24, 2.45) is 5.41 Å². The van der Waals surface area contributed by atoms with Crippen LogP contribution in [0.2, 0.25) is 0 Å². The molecule has 3 aliphatic heterocycles. The molecule has 122 heavy (non-hydrogen) atoms. The predicted octanol–water partition coefficient (Wildman–Crippen LogP) is 19.5. The van der Waals surface area contributed by atoms with Gasteiger partial charge in [-0.2, -0.15) is 24.1 Å². The van der Waals surface area contributed by atoms with E-state index in [9.17, 15) is 23.2 Å². The van der Waals surface area contributed by atoms with Crippen LogP contribution in [0.3, 0.4) is 0 Å². The molecule has 634 valence electrons. The van der Waals surface area contributed by atoms with Crippen molar-refractivity contribution in [1.29, 1.82) is 0 Å². The second-order valence-electron chi connectivity index (χ2n) is 30.6. The third kappa shape index (κ3) is 19.3. The molecule has 0 saturated carbocycles. The van der Waals surface area contributed by atoms with E-state index in [-0.39, 0.29) is 70.0 Å². The van der Waals surface area contributed by atoms with Gasteiger partial charge in [0.2, 0.25) is 34.9 Å². The number of ether oxygens (including phenoxy) is 10. The smallest absolute Gasteiger partial charge is 0.252 e. The zero-order valence-electron chi connectivity index (χ0n) is 70.6. The van der Waals surface area contributed by atoms with E-state index in [1.165, 1.54) is 32.4 Å². The molecule has 0 spiro atoms. The number of aromatic nitrogens is 9. The van der Waals surface area contributed by atoms with Crippen molar-refractivity contribution in [1.82, 2.24) is 59.0 Å². The fourth-order valence-corrected chi connectivity index (χ4v) is 15.3. The number of likely N-dealkylation sites (tertiary alicyclic amines) is 3. The fourth-order valence-electron chi connectivity index (χ4n) is 15.3. The monoisotopic (exact) mass is 1660 g/mol. The van der Waals surface area contributed by atoms with Crippen LogP contribution in [0.15, 0.2) is 189 Å². The molecular weight excluding hydrogens is 1560 g/mol. The van der Waals surface area contributed by atoms with E-state index in [0.29, 0.717) is 110 Å². The van der Waals surface area contributed by atoms with Gasteiger partial charge in [0.15, 0.2) is 51.7 Å². The molecule has 26 nitrogen and oxygen atoms in total. The van der Waals surface area contributed by atoms with Crippen LogP contribution in [0.5, 0.6) is 74.7 Å². The largest absolute Gasteiger partial charge is 0.494 e. The molecule has 0 bridgehead atoms. The molecule has 0 aliphatic carbocycles. The molecular formula is C94H101F2N13O13. The number of fused-ring (bicyclic) bond motifs is 3. The predicted molar refractivity (Wildman–Crippen MR) is 462 cm³/mol. The Balaban J connectivity index is 0.000000158. The van der Waals surface area contributed by atoms with Crippen LogP contribution in [0.1, 0.15) is 117 Å². The number of pyridine rings is 3. The van der Waals surface area contributed by atoms with Crippen molar-refractivity contribution in [3.63, 3.8) is 0 Å². The fraction of sp³-hybridized carbons (Fsp3) is 0.340. The summed E-state index contributed by atoms with van der Waals surface area (Å²) in [6, 6.07) is 37.3. The van der Waals surface area contributed by atoms with Gasteiger partial charge in [0.1, 0.15) is 50.9 Å². The number of carbonyl (C=O) groups is 3. The first-order valence-corrected chi connectivity index (χ1v) is 40.9. The second kappa shape index (κ2) is 39.5. The molecule has 3 atom stereocenters. The summed E-state index contributed by atoms with van der Waals surface area (Å²) >= 11 is 0. The molecule has 2 unspecified atom stereocenters. The van der Waals surface area contributed by atoms with Crippen LogP contribution < -0.4 is 47.4 Å². The Hall–Kier alpha value is -13.6. The van der Waals surface area contributed by atoms with Crippen molar-refractivity contribution < 1.29 is 70.5 Å². The summed E-state index contributed by atoms with van der Waals surface area (Å²) in [6.07, 6.45) is 21.0. The standard InChI is InChI=1S/C33H34FN5O4.C33H38N4O5.C28H29FN4O4/c1-33(2,3)17-25(35-4)32(40)38-16-8-9-22(20-38)39-31-24(18-36-19-28(31)42-6)30(37-39)21-12-14-23(15-13-21)43-27-11-7-10-26(41-5)29(27)34;1-5-18-40-29-21-34-20-26-31(35-37(32(26)29)24-10-9-17-36(22-24)30(38)7-3)23-13-15-25(16-14-23)42-28-12-8-11-27(39-4)33(28)41-19-6-2;1-4-25(34)32-14-6-7-19(17-32)33-28-21(15-30-16-24(28)36-3)27(31-33)18-10-12-20(13-11-18)37-23-9-5-8-22(35-2)26(23)29/h7,10-15,17-19,22H,8-9,16,20H2,1-3,5-6H3;7-8,11-16,20-21,24H,3,5-6,9-10,17-19,22H2,1-2,4H3;5,8-13,15-16,19H,4,6-7,14,17H2,1-3H3/b25-17-;;/t;;19-/m..1/s1. The van der Waals surface area contributed by atoms with Gasteiger partial charge >= 0.3 is 0 Å². The van der Waals surface area contributed by atoms with Gasteiger partial charge in [-0.05, 0) is 172 Å². The van der Waals surface area contributed by atoms with Crippen LogP contribution in [-0.4, -0.2) is 165 Å². The maximum atomic E-state index is 14.6. The van der Waals surface area contributed by atoms with Crippen molar-refractivity contribution >= 4 is 50.4 Å². The summed E-state index contributed by atoms with van der Waals surface area (Å²) in [6.45, 7) is 28.0. The van der Waals surface area contributed by atoms with Gasteiger partial charge in [0.25, 0.3) is 5.91 Å². The first-order chi connectivity index (χ1) is 59.2. The highest BCUT2D eigenvalue weighted by atomic mass is 19.1. The number of carbonyl (C=O) groups excluding carboxylic acids is 3. The highest BCUT2D eigenvalue weighted by molar-refractivity contribution is 5.99. The van der Waals surface area contributed by atoms with Crippen LogP contribution in [0.25, 0.3) is 71.3 Å². The average Bonchev–Trinajstić information content (AvgIpc) is 1.62. The van der Waals surface area contributed by atoms with E-state index in [0.717, 1.165) is 119 Å². The third-order valence-corrected chi connectivity index (χ3v) is 21.2. The first kappa shape index (κ1) is 86.3. The number of methoxy groups -OCH3 is 5. The molecule has 3 saturated heterocycles. The minimum Gasteiger partial charge on any atom is -0.494 e. The van der Waals surface area contributed by atoms with E-state index in [1.807, 2.05) is 124 Å². The molecule has 28 heteroatoms. The van der Waals surface area contributed by atoms with Gasteiger partial charge in [-0.3, -0.25) is 43.4 Å². The number of allylic oxidation sites excluding steroid dienone is 1. The summed E-state index contributed by atoms with van der Waals surface area (Å²) < 4.78 is 91.8. The Labute approximate surface area is 707 Å². The number of amides is 3. The highest BCUT2D eigenvalue weighted by Gasteiger charge is 2.34. The topological polar surface area (TPSA) is 250 Å². The number of hydrogen-bond acceptors (Lipinski definition) is 19. The van der Waals surface area contributed by atoms with Crippen LogP contribution in [0, 0.1) is 23.6 Å². The number of para-hydroxylation sites is 1. The summed E-state index contributed by atoms with van der Waals surface area (Å²) in [5.41, 5.74) is 7.19. The molecule has 3 fully saturated rings. The second-order valence-corrected chi connectivity index (χ2v) is 30.6. The number of benzene rings is 6. The van der Waals surface area contributed by atoms with Crippen LogP contribution >= 0.6 is 0 Å². The van der Waals surface area contributed by atoms with E-state index < -0.39 is 11.6 Å². The van der Waals surface area contributed by atoms with Crippen molar-refractivity contribution in [2.75, 3.05) is 88.0 Å². The molecule has 15 rings (SSSR count). The molecule has 0 radical (unpaired) electrons. The van der Waals surface area contributed by atoms with Crippen molar-refractivity contribution in [3.05, 3.63) is 212 Å². The van der Waals surface area contributed by atoms with Gasteiger partial charge in [0, 0.05) is 81.0 Å². The number of piperidine rings is 3. The lowest BCUT2D eigenvalue weighted by Gasteiger charge is -2.33. The summed E-state index contributed by atoms with van der Waals surface area (Å²) in [7, 11) is 7.64. The molecule has 12 aromatic rings. The minimum absolute atomic E-state index is 0.00230. The van der Waals surface area contributed by atoms with Crippen molar-refractivity contribution in [3.8, 4) is 109 Å². The Kier molecular flexibility index (Phi) is 28.0. The lowest BCUT2D eigenvalue weighted by Crippen LogP contribution is -2.41. The van der Waals surface area contributed by atoms with E-state index in [2.05, 4.69) is 40.2 Å². The number of rotatable bonds is 26. The van der Waals surface area contributed by atoms with E-state index >= 15 is 0 Å². The SMILES string of the molecule is C=CC(=O)N1CCCC(n2nc(-c3ccc(Oc4cccc(OC)c4OCCC)cc3)c3cncc(OCCC)c32)C1.CCC(=O)N1CCC[C@@H](n2nc(-c3ccc(Oc4cccc(OC)c4F)cc3)c3cncc(OC)c32)C1.[C-]#[N+]/C(=C\C(C)(C)C)C(=O)N1CCCC(n2nc(-c3ccc(Oc4cccc(OC)c4F)cc3)c3cncc(OC)c32)C1. The van der Waals surface area contributed by atoms with Crippen molar-refractivity contribution in [2.45, 2.75) is 117 Å². The van der Waals surface area contributed by atoms with Gasteiger partial charge in [-0.25, -0.2) is 4.85 Å². The Bertz CT molecular complexity index is 5780. The Morgan fingerprint density at radius 1 is 0.475 bits per heavy atom. The first-order valence-electron chi connectivity index (χ1n) is 40.9. The summed E-state index contributed by atoms with van der Waals surface area (Å²) in [5, 5.41) is 17.7. The molecule has 3 aliphatic rings. The number of hydrogen-bond donors (Lipinski definition) is 0. The molecule has 9 heterocycles. The van der Waals surface area contributed by atoms with Gasteiger partial charge in [0.05, 0.1) is 108 Å². The number of nitrogens with zero attached hydrogens (tertiary/aromatic N) is 13. The molecule has 6 aromatic heterocycles. The normalized spacial score (nSPS) is 15.4. The highest BCUT2D eigenvalue weighted by Crippen LogP contribution is 2.45. The third-order valence-electron chi connectivity index (χ3n) is 21.2. The van der Waals surface area contributed by atoms with E-state index in [4.69, 9.17) is 69.2 Å². The average molecular weight is 1660 g/mol. The Morgan fingerprint density at radius 3 is 1.25 bits per heavy atom. The molecule has 6 aromatic carbocycles. The van der Waals surface area contributed by atoms with Crippen LogP contribution in [0.4, 0.5) is 8.78 Å². The zero-order chi connectivity index (χ0) is 86.1. The molecule has 0 N–H and O–H groups in total.